The molecule has 0 N–H and O–H groups in total. The van der Waals surface area contributed by atoms with Crippen molar-refractivity contribution in [2.45, 2.75) is 13.3 Å². The average Bonchev–Trinajstić information content (AvgIpc) is 2.75. The van der Waals surface area contributed by atoms with Gasteiger partial charge in [-0.3, -0.25) is 9.78 Å². The van der Waals surface area contributed by atoms with E-state index in [0.29, 0.717) is 28.8 Å². The summed E-state index contributed by atoms with van der Waals surface area (Å²) < 4.78 is 31.9. The smallest absolute Gasteiger partial charge is 0.196 e. The quantitative estimate of drug-likeness (QED) is 0.404. The number of carbonyl (C=O) groups is 1. The highest BCUT2D eigenvalue weighted by Crippen LogP contribution is 2.33. The van der Waals surface area contributed by atoms with E-state index < -0.39 is 5.82 Å². The maximum absolute atomic E-state index is 13.2. The Labute approximate surface area is 173 Å². The van der Waals surface area contributed by atoms with Crippen LogP contribution in [0.4, 0.5) is 8.78 Å². The summed E-state index contributed by atoms with van der Waals surface area (Å²) in [5.41, 5.74) is 4.17. The number of halogens is 2. The van der Waals surface area contributed by atoms with Crippen LogP contribution in [0, 0.1) is 18.6 Å². The Balaban J connectivity index is 1.76. The van der Waals surface area contributed by atoms with Gasteiger partial charge in [0.15, 0.2) is 11.5 Å². The Bertz CT molecular complexity index is 1230. The van der Waals surface area contributed by atoms with E-state index in [1.807, 2.05) is 13.0 Å². The minimum absolute atomic E-state index is 0.256. The lowest BCUT2D eigenvalue weighted by atomic mass is 9.96. The van der Waals surface area contributed by atoms with E-state index >= 15 is 0 Å². The molecule has 30 heavy (non-hydrogen) atoms. The number of hydrogen-bond donors (Lipinski definition) is 0. The molecule has 0 spiro atoms. The molecule has 5 heteroatoms. The van der Waals surface area contributed by atoms with E-state index in [-0.39, 0.29) is 11.6 Å². The standard InChI is InChI=1S/C25H19F2NO2/c1-15-11-22(24(29)18-5-9-20(27)10-6-18)25(30-2)23-21(15)13-17(14-28-23)12-16-3-7-19(26)8-4-16/h3-11,13-14H,12H2,1-2H3. The highest BCUT2D eigenvalue weighted by atomic mass is 19.1. The van der Waals surface area contributed by atoms with Gasteiger partial charge in [0.1, 0.15) is 17.2 Å². The second-order valence-electron chi connectivity index (χ2n) is 7.15. The summed E-state index contributed by atoms with van der Waals surface area (Å²) in [5, 5.41) is 0.877. The molecule has 4 rings (SSSR count). The third kappa shape index (κ3) is 3.79. The molecule has 1 heterocycles. The maximum Gasteiger partial charge on any atom is 0.196 e. The predicted octanol–water partition coefficient (Wildman–Crippen LogP) is 5.65. The van der Waals surface area contributed by atoms with Crippen LogP contribution in [0.2, 0.25) is 0 Å². The molecule has 0 unspecified atom stereocenters. The van der Waals surface area contributed by atoms with E-state index in [0.717, 1.165) is 22.1 Å². The summed E-state index contributed by atoms with van der Waals surface area (Å²) in [5.74, 6) is -0.537. The number of nitrogens with zero attached hydrogens (tertiary/aromatic N) is 1. The van der Waals surface area contributed by atoms with Crippen molar-refractivity contribution >= 4 is 16.7 Å². The molecule has 0 aliphatic rings. The van der Waals surface area contributed by atoms with Gasteiger partial charge in [-0.05, 0) is 78.6 Å². The fraction of sp³-hybridized carbons (Fsp3) is 0.120. The molecule has 0 saturated heterocycles. The van der Waals surface area contributed by atoms with Crippen molar-refractivity contribution in [3.63, 3.8) is 0 Å². The molecule has 0 radical (unpaired) electrons. The third-order valence-electron chi connectivity index (χ3n) is 5.07. The number of hydrogen-bond acceptors (Lipinski definition) is 3. The molecule has 0 aliphatic carbocycles. The Morgan fingerprint density at radius 3 is 2.20 bits per heavy atom. The summed E-state index contributed by atoms with van der Waals surface area (Å²) in [6.07, 6.45) is 2.35. The van der Waals surface area contributed by atoms with Crippen LogP contribution in [-0.2, 0) is 6.42 Å². The van der Waals surface area contributed by atoms with Crippen LogP contribution in [0.15, 0.2) is 66.9 Å². The number of ether oxygens (including phenoxy) is 1. The zero-order valence-corrected chi connectivity index (χ0v) is 16.6. The minimum Gasteiger partial charge on any atom is -0.494 e. The first kappa shape index (κ1) is 19.7. The van der Waals surface area contributed by atoms with Crippen molar-refractivity contribution in [1.82, 2.24) is 4.98 Å². The first-order chi connectivity index (χ1) is 14.5. The molecule has 4 aromatic rings. The van der Waals surface area contributed by atoms with Gasteiger partial charge in [-0.25, -0.2) is 8.78 Å². The van der Waals surface area contributed by atoms with E-state index in [4.69, 9.17) is 4.74 Å². The van der Waals surface area contributed by atoms with Gasteiger partial charge in [0.05, 0.1) is 12.7 Å². The fourth-order valence-corrected chi connectivity index (χ4v) is 3.54. The first-order valence-electron chi connectivity index (χ1n) is 9.47. The van der Waals surface area contributed by atoms with Gasteiger partial charge in [-0.15, -0.1) is 0 Å². The van der Waals surface area contributed by atoms with Gasteiger partial charge in [0, 0.05) is 17.1 Å². The molecule has 3 aromatic carbocycles. The second-order valence-corrected chi connectivity index (χ2v) is 7.15. The molecule has 0 saturated carbocycles. The SMILES string of the molecule is COc1c(C(=O)c2ccc(F)cc2)cc(C)c2cc(Cc3ccc(F)cc3)cnc12. The highest BCUT2D eigenvalue weighted by molar-refractivity contribution is 6.13. The van der Waals surface area contributed by atoms with Crippen molar-refractivity contribution in [3.8, 4) is 5.75 Å². The molecule has 0 fully saturated rings. The monoisotopic (exact) mass is 403 g/mol. The van der Waals surface area contributed by atoms with Crippen LogP contribution in [0.3, 0.4) is 0 Å². The summed E-state index contributed by atoms with van der Waals surface area (Å²) in [7, 11) is 1.50. The topological polar surface area (TPSA) is 39.2 Å². The van der Waals surface area contributed by atoms with Crippen LogP contribution in [0.5, 0.6) is 5.75 Å². The molecular weight excluding hydrogens is 384 g/mol. The van der Waals surface area contributed by atoms with E-state index in [9.17, 15) is 13.6 Å². The molecule has 3 nitrogen and oxygen atoms in total. The van der Waals surface area contributed by atoms with Gasteiger partial charge in [0.2, 0.25) is 0 Å². The zero-order chi connectivity index (χ0) is 21.3. The Morgan fingerprint density at radius 1 is 0.933 bits per heavy atom. The van der Waals surface area contributed by atoms with Crippen molar-refractivity contribution in [2.24, 2.45) is 0 Å². The maximum atomic E-state index is 13.2. The van der Waals surface area contributed by atoms with Crippen LogP contribution in [0.25, 0.3) is 10.9 Å². The van der Waals surface area contributed by atoms with E-state index in [1.54, 1.807) is 24.4 Å². The van der Waals surface area contributed by atoms with E-state index in [2.05, 4.69) is 4.98 Å². The summed E-state index contributed by atoms with van der Waals surface area (Å²) in [4.78, 5) is 17.6. The molecule has 1 aromatic heterocycles. The molecule has 0 amide bonds. The first-order valence-corrected chi connectivity index (χ1v) is 9.47. The number of aryl methyl sites for hydroxylation is 1. The number of rotatable bonds is 5. The third-order valence-corrected chi connectivity index (χ3v) is 5.07. The number of ketones is 1. The van der Waals surface area contributed by atoms with E-state index in [1.165, 1.54) is 43.5 Å². The molecule has 150 valence electrons. The lowest BCUT2D eigenvalue weighted by Crippen LogP contribution is -2.06. The van der Waals surface area contributed by atoms with Crippen LogP contribution in [-0.4, -0.2) is 17.9 Å². The van der Waals surface area contributed by atoms with Crippen molar-refractivity contribution in [3.05, 3.63) is 106 Å². The number of methoxy groups -OCH3 is 1. The highest BCUT2D eigenvalue weighted by Gasteiger charge is 2.20. The van der Waals surface area contributed by atoms with Gasteiger partial charge in [-0.1, -0.05) is 12.1 Å². The lowest BCUT2D eigenvalue weighted by molar-refractivity contribution is 0.103. The number of benzene rings is 3. The van der Waals surface area contributed by atoms with Gasteiger partial charge in [-0.2, -0.15) is 0 Å². The molecular formula is C25H19F2NO2. The second kappa shape index (κ2) is 8.03. The summed E-state index contributed by atoms with van der Waals surface area (Å²) in [6, 6.07) is 15.6. The molecule has 0 aliphatic heterocycles. The minimum atomic E-state index is -0.399. The van der Waals surface area contributed by atoms with Crippen LogP contribution >= 0.6 is 0 Å². The van der Waals surface area contributed by atoms with Crippen molar-refractivity contribution in [2.75, 3.05) is 7.11 Å². The molecule has 0 atom stereocenters. The van der Waals surface area contributed by atoms with Gasteiger partial charge in [0.25, 0.3) is 0 Å². The zero-order valence-electron chi connectivity index (χ0n) is 16.6. The van der Waals surface area contributed by atoms with Crippen molar-refractivity contribution in [1.29, 1.82) is 0 Å². The van der Waals surface area contributed by atoms with Crippen LogP contribution < -0.4 is 4.74 Å². The molecule has 0 bridgehead atoms. The average molecular weight is 403 g/mol. The predicted molar refractivity (Wildman–Crippen MR) is 112 cm³/mol. The van der Waals surface area contributed by atoms with Gasteiger partial charge < -0.3 is 4.74 Å². The Hall–Kier alpha value is -3.60. The Kier molecular flexibility index (Phi) is 5.27. The van der Waals surface area contributed by atoms with Crippen molar-refractivity contribution < 1.29 is 18.3 Å². The summed E-state index contributed by atoms with van der Waals surface area (Å²) >= 11 is 0. The number of pyridine rings is 1. The number of carbonyl (C=O) groups excluding carboxylic acids is 1. The van der Waals surface area contributed by atoms with Crippen LogP contribution in [0.1, 0.15) is 32.6 Å². The number of aromatic nitrogens is 1. The Morgan fingerprint density at radius 2 is 1.57 bits per heavy atom. The lowest BCUT2D eigenvalue weighted by Gasteiger charge is -2.14. The van der Waals surface area contributed by atoms with Gasteiger partial charge >= 0.3 is 0 Å². The summed E-state index contributed by atoms with van der Waals surface area (Å²) in [6.45, 7) is 1.91. The largest absolute Gasteiger partial charge is 0.494 e. The fourth-order valence-electron chi connectivity index (χ4n) is 3.54. The number of fused-ring (bicyclic) bond motifs is 1. The normalized spacial score (nSPS) is 10.9.